The van der Waals surface area contributed by atoms with E-state index in [4.69, 9.17) is 11.5 Å². The van der Waals surface area contributed by atoms with Gasteiger partial charge in [-0.25, -0.2) is 0 Å². The first-order valence-electron chi connectivity index (χ1n) is 5.04. The van der Waals surface area contributed by atoms with Crippen molar-refractivity contribution in [1.29, 1.82) is 0 Å². The van der Waals surface area contributed by atoms with E-state index < -0.39 is 0 Å². The summed E-state index contributed by atoms with van der Waals surface area (Å²) in [6.45, 7) is 3.73. The summed E-state index contributed by atoms with van der Waals surface area (Å²) in [6.07, 6.45) is 2.14. The van der Waals surface area contributed by atoms with Crippen molar-refractivity contribution in [3.63, 3.8) is 0 Å². The molecule has 78 valence electrons. The molecule has 3 nitrogen and oxygen atoms in total. The van der Waals surface area contributed by atoms with E-state index in [1.807, 2.05) is 19.1 Å². The number of nitrogen functional groups attached to an aromatic ring is 1. The Morgan fingerprint density at radius 2 is 2.07 bits per heavy atom. The van der Waals surface area contributed by atoms with Crippen LogP contribution in [0.5, 0.6) is 0 Å². The third kappa shape index (κ3) is 3.26. The van der Waals surface area contributed by atoms with Crippen LogP contribution < -0.4 is 16.8 Å². The van der Waals surface area contributed by atoms with E-state index in [1.54, 1.807) is 0 Å². The van der Waals surface area contributed by atoms with E-state index in [0.717, 1.165) is 37.3 Å². The molecule has 0 saturated carbocycles. The fourth-order valence-corrected chi connectivity index (χ4v) is 1.34. The molecule has 3 heteroatoms. The summed E-state index contributed by atoms with van der Waals surface area (Å²) in [6, 6.07) is 6.06. The molecule has 0 radical (unpaired) electrons. The molecule has 0 atom stereocenters. The maximum atomic E-state index is 5.85. The lowest BCUT2D eigenvalue weighted by Gasteiger charge is -2.09. The Morgan fingerprint density at radius 1 is 1.29 bits per heavy atom. The molecule has 0 fully saturated rings. The summed E-state index contributed by atoms with van der Waals surface area (Å²) in [4.78, 5) is 0. The van der Waals surface area contributed by atoms with Crippen molar-refractivity contribution in [2.24, 2.45) is 5.73 Å². The first kappa shape index (κ1) is 10.9. The standard InChI is InChI=1S/C11H19N3/c1-9-4-5-11(10(13)8-9)14-7-3-2-6-12/h4-5,8,14H,2-3,6-7,12-13H2,1H3. The molecule has 0 unspecified atom stereocenters. The van der Waals surface area contributed by atoms with Crippen molar-refractivity contribution in [2.45, 2.75) is 19.8 Å². The second kappa shape index (κ2) is 5.50. The monoisotopic (exact) mass is 193 g/mol. The van der Waals surface area contributed by atoms with Crippen LogP contribution in [0.4, 0.5) is 11.4 Å². The Bertz CT molecular complexity index is 284. The fraction of sp³-hybridized carbons (Fsp3) is 0.455. The number of nitrogens with two attached hydrogens (primary N) is 2. The summed E-state index contributed by atoms with van der Waals surface area (Å²) >= 11 is 0. The van der Waals surface area contributed by atoms with Gasteiger partial charge in [0.05, 0.1) is 11.4 Å². The van der Waals surface area contributed by atoms with Gasteiger partial charge >= 0.3 is 0 Å². The lowest BCUT2D eigenvalue weighted by atomic mass is 10.2. The number of hydrogen-bond donors (Lipinski definition) is 3. The van der Waals surface area contributed by atoms with Crippen LogP contribution >= 0.6 is 0 Å². The molecule has 0 spiro atoms. The normalized spacial score (nSPS) is 10.1. The van der Waals surface area contributed by atoms with E-state index in [2.05, 4.69) is 11.4 Å². The van der Waals surface area contributed by atoms with Crippen molar-refractivity contribution in [3.8, 4) is 0 Å². The number of hydrogen-bond acceptors (Lipinski definition) is 3. The van der Waals surface area contributed by atoms with Gasteiger partial charge < -0.3 is 16.8 Å². The molecule has 0 aliphatic heterocycles. The van der Waals surface area contributed by atoms with E-state index in [0.29, 0.717) is 0 Å². The van der Waals surface area contributed by atoms with Crippen LogP contribution in [0.1, 0.15) is 18.4 Å². The molecule has 0 saturated heterocycles. The van der Waals surface area contributed by atoms with E-state index in [9.17, 15) is 0 Å². The molecule has 0 amide bonds. The van der Waals surface area contributed by atoms with Crippen LogP contribution in [0.15, 0.2) is 18.2 Å². The maximum absolute atomic E-state index is 5.85. The van der Waals surface area contributed by atoms with Crippen LogP contribution in [0.2, 0.25) is 0 Å². The maximum Gasteiger partial charge on any atom is 0.0574 e. The molecule has 0 aliphatic carbocycles. The number of unbranched alkanes of at least 4 members (excludes halogenated alkanes) is 1. The Labute approximate surface area is 85.5 Å². The average Bonchev–Trinajstić information content (AvgIpc) is 2.15. The quantitative estimate of drug-likeness (QED) is 0.493. The number of aryl methyl sites for hydroxylation is 1. The zero-order chi connectivity index (χ0) is 10.4. The zero-order valence-corrected chi connectivity index (χ0v) is 8.72. The van der Waals surface area contributed by atoms with Gasteiger partial charge in [0.2, 0.25) is 0 Å². The smallest absolute Gasteiger partial charge is 0.0574 e. The molecular formula is C11H19N3. The lowest BCUT2D eigenvalue weighted by molar-refractivity contribution is 0.774. The fourth-order valence-electron chi connectivity index (χ4n) is 1.34. The van der Waals surface area contributed by atoms with Gasteiger partial charge in [0.15, 0.2) is 0 Å². The largest absolute Gasteiger partial charge is 0.397 e. The summed E-state index contributed by atoms with van der Waals surface area (Å²) in [5.41, 5.74) is 14.3. The number of benzene rings is 1. The first-order chi connectivity index (χ1) is 6.74. The van der Waals surface area contributed by atoms with Gasteiger partial charge in [0.1, 0.15) is 0 Å². The van der Waals surface area contributed by atoms with Crippen molar-refractivity contribution in [3.05, 3.63) is 23.8 Å². The molecule has 0 bridgehead atoms. The summed E-state index contributed by atoms with van der Waals surface area (Å²) in [7, 11) is 0. The Balaban J connectivity index is 2.42. The molecule has 1 aromatic carbocycles. The van der Waals surface area contributed by atoms with Gasteiger partial charge in [-0.05, 0) is 44.0 Å². The van der Waals surface area contributed by atoms with Crippen molar-refractivity contribution in [1.82, 2.24) is 0 Å². The minimum atomic E-state index is 0.755. The molecule has 1 rings (SSSR count). The highest BCUT2D eigenvalue weighted by molar-refractivity contribution is 5.66. The molecule has 1 aromatic rings. The summed E-state index contributed by atoms with van der Waals surface area (Å²) in [5, 5.41) is 3.29. The molecule has 5 N–H and O–H groups in total. The van der Waals surface area contributed by atoms with Crippen LogP contribution in [0, 0.1) is 6.92 Å². The van der Waals surface area contributed by atoms with Crippen LogP contribution in [-0.2, 0) is 0 Å². The Kier molecular flexibility index (Phi) is 4.26. The van der Waals surface area contributed by atoms with Crippen molar-refractivity contribution in [2.75, 3.05) is 24.1 Å². The van der Waals surface area contributed by atoms with Gasteiger partial charge in [-0.2, -0.15) is 0 Å². The number of anilines is 2. The van der Waals surface area contributed by atoms with Gasteiger partial charge in [-0.3, -0.25) is 0 Å². The van der Waals surface area contributed by atoms with E-state index >= 15 is 0 Å². The third-order valence-electron chi connectivity index (χ3n) is 2.15. The van der Waals surface area contributed by atoms with Crippen LogP contribution in [-0.4, -0.2) is 13.1 Å². The minimum absolute atomic E-state index is 0.755. The van der Waals surface area contributed by atoms with Crippen LogP contribution in [0.25, 0.3) is 0 Å². The average molecular weight is 193 g/mol. The predicted molar refractivity (Wildman–Crippen MR) is 62.4 cm³/mol. The first-order valence-corrected chi connectivity index (χ1v) is 5.04. The zero-order valence-electron chi connectivity index (χ0n) is 8.72. The highest BCUT2D eigenvalue weighted by Gasteiger charge is 1.97. The Morgan fingerprint density at radius 3 is 2.71 bits per heavy atom. The topological polar surface area (TPSA) is 64.1 Å². The third-order valence-corrected chi connectivity index (χ3v) is 2.15. The number of rotatable bonds is 5. The van der Waals surface area contributed by atoms with Gasteiger partial charge in [0, 0.05) is 6.54 Å². The highest BCUT2D eigenvalue weighted by atomic mass is 14.9. The van der Waals surface area contributed by atoms with Crippen molar-refractivity contribution < 1.29 is 0 Å². The molecule has 0 aromatic heterocycles. The molecule has 0 heterocycles. The van der Waals surface area contributed by atoms with Gasteiger partial charge in [0.25, 0.3) is 0 Å². The molecular weight excluding hydrogens is 174 g/mol. The summed E-state index contributed by atoms with van der Waals surface area (Å²) in [5.74, 6) is 0. The second-order valence-electron chi connectivity index (χ2n) is 3.51. The van der Waals surface area contributed by atoms with Gasteiger partial charge in [-0.15, -0.1) is 0 Å². The second-order valence-corrected chi connectivity index (χ2v) is 3.51. The Hall–Kier alpha value is -1.22. The van der Waals surface area contributed by atoms with Crippen LogP contribution in [0.3, 0.4) is 0 Å². The highest BCUT2D eigenvalue weighted by Crippen LogP contribution is 2.19. The lowest BCUT2D eigenvalue weighted by Crippen LogP contribution is -2.07. The minimum Gasteiger partial charge on any atom is -0.397 e. The van der Waals surface area contributed by atoms with Crippen molar-refractivity contribution >= 4 is 11.4 Å². The predicted octanol–water partition coefficient (Wildman–Crippen LogP) is 1.73. The molecule has 14 heavy (non-hydrogen) atoms. The van der Waals surface area contributed by atoms with Gasteiger partial charge in [-0.1, -0.05) is 6.07 Å². The van der Waals surface area contributed by atoms with E-state index in [-0.39, 0.29) is 0 Å². The summed E-state index contributed by atoms with van der Waals surface area (Å²) < 4.78 is 0. The number of nitrogens with one attached hydrogen (secondary N) is 1. The van der Waals surface area contributed by atoms with E-state index in [1.165, 1.54) is 5.56 Å². The molecule has 0 aliphatic rings. The SMILES string of the molecule is Cc1ccc(NCCCCN)c(N)c1.